The highest BCUT2D eigenvalue weighted by Crippen LogP contribution is 2.47. The van der Waals surface area contributed by atoms with E-state index in [-0.39, 0.29) is 54.5 Å². The minimum Gasteiger partial charge on any atom is -0.494 e. The molecule has 0 saturated carbocycles. The van der Waals surface area contributed by atoms with E-state index in [2.05, 4.69) is 175 Å². The summed E-state index contributed by atoms with van der Waals surface area (Å²) in [7, 11) is 5.88. The second kappa shape index (κ2) is 46.6. The van der Waals surface area contributed by atoms with Gasteiger partial charge in [-0.05, 0) is 288 Å². The zero-order chi connectivity index (χ0) is 100. The van der Waals surface area contributed by atoms with Crippen molar-refractivity contribution in [2.75, 3.05) is 116 Å². The van der Waals surface area contributed by atoms with Crippen LogP contribution in [0.1, 0.15) is 184 Å². The van der Waals surface area contributed by atoms with Gasteiger partial charge >= 0.3 is 18.3 Å². The summed E-state index contributed by atoms with van der Waals surface area (Å²) in [6.07, 6.45) is 18.4. The number of aromatic amines is 5. The summed E-state index contributed by atoms with van der Waals surface area (Å²) >= 11 is 30.4. The fraction of sp³-hybridized carbons (Fsp3) is 0.321. The van der Waals surface area contributed by atoms with Gasteiger partial charge in [-0.15, -0.1) is 0 Å². The van der Waals surface area contributed by atoms with Crippen molar-refractivity contribution in [3.63, 3.8) is 0 Å². The molecule has 22 rings (SSSR count). The predicted molar refractivity (Wildman–Crippen MR) is 580 cm³/mol. The third-order valence-corrected chi connectivity index (χ3v) is 29.4. The number of benzene rings is 9. The molecule has 7 aromatic heterocycles. The van der Waals surface area contributed by atoms with E-state index in [1.807, 2.05) is 140 Å². The van der Waals surface area contributed by atoms with Gasteiger partial charge in [0, 0.05) is 202 Å². The van der Waals surface area contributed by atoms with Crippen LogP contribution in [0.25, 0.3) is 54.5 Å². The second-order valence-corrected chi connectivity index (χ2v) is 40.7. The quantitative estimate of drug-likeness (QED) is 0.0310. The van der Waals surface area contributed by atoms with Crippen LogP contribution < -0.4 is 30.3 Å². The van der Waals surface area contributed by atoms with Gasteiger partial charge in [0.2, 0.25) is 5.95 Å². The van der Waals surface area contributed by atoms with Crippen LogP contribution in [-0.4, -0.2) is 200 Å². The zero-order valence-corrected chi connectivity index (χ0v) is 87.2. The lowest BCUT2D eigenvalue weighted by Crippen LogP contribution is -2.42. The lowest BCUT2D eigenvalue weighted by molar-refractivity contribution is 0.0856. The summed E-state index contributed by atoms with van der Waals surface area (Å²) in [5.74, 6) is 4.34. The Labute approximate surface area is 870 Å². The molecule has 0 radical (unpaired) electrons. The number of nitrogens with one attached hydrogen (secondary N) is 8. The molecule has 0 bridgehead atoms. The van der Waals surface area contributed by atoms with Crippen molar-refractivity contribution < 1.29 is 42.9 Å². The Morgan fingerprint density at radius 2 is 1.01 bits per heavy atom. The van der Waals surface area contributed by atoms with Gasteiger partial charge in [0.25, 0.3) is 5.91 Å². The number of carbonyl (C=O) groups is 4. The Bertz CT molecular complexity index is 7190. The average molecular weight is 2100 g/mol. The van der Waals surface area contributed by atoms with E-state index in [1.165, 1.54) is 78.6 Å². The normalized spacial score (nSPS) is 17.2. The lowest BCUT2D eigenvalue weighted by atomic mass is 9.91. The lowest BCUT2D eigenvalue weighted by Gasteiger charge is -2.37. The fourth-order valence-electron chi connectivity index (χ4n) is 20.4. The van der Waals surface area contributed by atoms with E-state index in [0.717, 1.165) is 163 Å². The number of halogens is 5. The van der Waals surface area contributed by atoms with Crippen molar-refractivity contribution in [3.8, 4) is 11.5 Å². The molecule has 26 nitrogen and oxygen atoms in total. The van der Waals surface area contributed by atoms with Crippen molar-refractivity contribution in [2.24, 2.45) is 0 Å². The number of hydrogen-bond acceptors (Lipinski definition) is 18. The van der Waals surface area contributed by atoms with Crippen molar-refractivity contribution in [3.05, 3.63) is 339 Å². The number of H-pyrrole nitrogens is 5. The van der Waals surface area contributed by atoms with E-state index in [1.54, 1.807) is 77.7 Å². The van der Waals surface area contributed by atoms with Crippen LogP contribution in [0.4, 0.5) is 26.1 Å². The number of fused-ring (bicyclic) bond motifs is 15. The van der Waals surface area contributed by atoms with E-state index in [4.69, 9.17) is 70.1 Å². The number of hydrogen-bond donors (Lipinski definition) is 8. The molecular formula is C112H118BrCl4N17O9S. The summed E-state index contributed by atoms with van der Waals surface area (Å²) in [5.41, 5.74) is 23.2. The molecule has 6 atom stereocenters. The molecule has 0 aliphatic carbocycles. The third-order valence-electron chi connectivity index (χ3n) is 27.4. The second-order valence-electron chi connectivity index (χ2n) is 37.1. The maximum Gasteiger partial charge on any atom is 0.416 e. The van der Waals surface area contributed by atoms with Crippen LogP contribution in [0, 0.1) is 0 Å². The van der Waals surface area contributed by atoms with Gasteiger partial charge in [-0.3, -0.25) is 24.5 Å². The molecule has 6 aliphatic rings. The van der Waals surface area contributed by atoms with E-state index in [0.29, 0.717) is 98.1 Å². The molecule has 1 saturated heterocycles. The van der Waals surface area contributed by atoms with E-state index < -0.39 is 0 Å². The molecule has 746 valence electrons. The van der Waals surface area contributed by atoms with Crippen LogP contribution in [0.15, 0.2) is 230 Å². The van der Waals surface area contributed by atoms with Crippen LogP contribution in [-0.2, 0) is 46.3 Å². The first-order chi connectivity index (χ1) is 70.1. The Balaban J connectivity index is 0.000000120. The highest BCUT2D eigenvalue weighted by molar-refractivity contribution is 9.10. The average Bonchev–Trinajstić information content (AvgIpc) is 1.60. The van der Waals surface area contributed by atoms with Crippen molar-refractivity contribution in [1.29, 1.82) is 0 Å². The van der Waals surface area contributed by atoms with E-state index in [9.17, 15) is 19.2 Å². The molecule has 144 heavy (non-hydrogen) atoms. The number of ether oxygens (including phenoxy) is 5. The van der Waals surface area contributed by atoms with Gasteiger partial charge in [-0.2, -0.15) is 11.8 Å². The fourth-order valence-corrected chi connectivity index (χ4v) is 22.0. The number of nitrogens with zero attached hydrogens (tertiary/aromatic N) is 9. The summed E-state index contributed by atoms with van der Waals surface area (Å²) in [6.45, 7) is 15.2. The Kier molecular flexibility index (Phi) is 32.8. The maximum absolute atomic E-state index is 13.4. The van der Waals surface area contributed by atoms with Gasteiger partial charge in [0.15, 0.2) is 0 Å². The van der Waals surface area contributed by atoms with Crippen LogP contribution in [0.5, 0.6) is 11.5 Å². The Morgan fingerprint density at radius 1 is 0.535 bits per heavy atom. The molecule has 6 unspecified atom stereocenters. The van der Waals surface area contributed by atoms with Crippen molar-refractivity contribution >= 4 is 165 Å². The summed E-state index contributed by atoms with van der Waals surface area (Å²) in [6, 6.07) is 63.1. The molecule has 1 fully saturated rings. The SMILES string of the molecule is CC(C)c1ccc(C2c3[nH]c4ccc(Cl)cc4c3CCN2c2cnccn2)cc1.CCOC(=O)N1CCc2c([nH]c3ccc(Br)cc23)C1c1cnc(NC)nc1.CCOC(=O)N1CCc2c([nH]c3ccc(Cl)cc23)C1c1ccc(C(=O)NCC2CCCO2)cc1.CN(C)CCCOc1ccc(C2c3[nH]c4ccc(Cl)cc4c3CCN2C(=O)Oc2ccccc2)cc1.CSCCC1NCCc2c1[nH]c1ccc(Cl)cc21. The highest BCUT2D eigenvalue weighted by Gasteiger charge is 2.41. The van der Waals surface area contributed by atoms with Crippen molar-refractivity contribution in [2.45, 2.75) is 128 Å². The topological polar surface area (TPSA) is 297 Å². The maximum atomic E-state index is 13.4. The number of thioether (sulfide) groups is 1. The molecule has 16 aromatic rings. The first kappa shape index (κ1) is 101. The molecule has 13 heterocycles. The summed E-state index contributed by atoms with van der Waals surface area (Å²) < 4.78 is 28.9. The van der Waals surface area contributed by atoms with Gasteiger partial charge in [0.1, 0.15) is 35.4 Å². The smallest absolute Gasteiger partial charge is 0.416 e. The van der Waals surface area contributed by atoms with Crippen LogP contribution in [0.3, 0.4) is 0 Å². The molecule has 4 amide bonds. The minimum atomic E-state index is -0.377. The summed E-state index contributed by atoms with van der Waals surface area (Å²) in [5, 5.41) is 18.3. The van der Waals surface area contributed by atoms with Gasteiger partial charge in [-0.25, -0.2) is 29.3 Å². The zero-order valence-electron chi connectivity index (χ0n) is 81.7. The Hall–Kier alpha value is -12.6. The van der Waals surface area contributed by atoms with Crippen LogP contribution in [0.2, 0.25) is 20.1 Å². The van der Waals surface area contributed by atoms with E-state index >= 15 is 0 Å². The Morgan fingerprint density at radius 3 is 1.51 bits per heavy atom. The van der Waals surface area contributed by atoms with Gasteiger partial charge < -0.3 is 74.4 Å². The molecular weight excluding hydrogens is 1980 g/mol. The number of anilines is 2. The van der Waals surface area contributed by atoms with Crippen LogP contribution >= 0.6 is 74.1 Å². The highest BCUT2D eigenvalue weighted by atomic mass is 79.9. The van der Waals surface area contributed by atoms with Gasteiger partial charge in [0.05, 0.1) is 38.2 Å². The number of rotatable bonds is 21. The first-order valence-corrected chi connectivity index (χ1v) is 52.9. The standard InChI is InChI=1S/C29H30ClN3O3.C26H28ClN3O4.C24H23ClN4.C19H20BrN5O2.C14H17ClN2S/c1-32(2)16-6-18-35-22-12-9-20(10-13-22)28-27-24(25-19-21(30)11-14-26(25)31-27)15-17-33(28)29(34)36-23-7-4-3-5-8-23;1-2-33-26(32)30-12-11-20-21-14-18(27)9-10-22(21)29-23(20)24(30)16-5-7-17(8-6-16)25(31)28-15-19-4-3-13-34-19;1-15(2)16-3-5-17(6-4-16)24-23-19(20-13-18(25)7-8-21(20)28-23)9-12-29(24)22-14-26-10-11-27-22;1-3-27-19(26)25-7-6-13-14-8-12(20)4-5-15(14)24-16(13)17(25)11-9-22-18(21-2)23-10-11;1-18-7-5-13-14-10(4-6-16-13)11-8-9(15)2-3-12(11)17-14/h3-5,7-14,19,28,31H,6,15-18H2,1-2H3;5-10,14,19,24,29H,2-4,11-13,15H2,1H3,(H,28,31);3-8,10-11,13-15,24,28H,9,12H2,1-2H3;4-5,8-10,17,24H,3,6-7H2,1-2H3,(H,21,22,23);2-3,8,13,16-17H,4-7H2,1H3. The first-order valence-electron chi connectivity index (χ1n) is 49.2. The molecule has 0 spiro atoms. The minimum absolute atomic E-state index is 0.0582. The van der Waals surface area contributed by atoms with Gasteiger partial charge in [-0.1, -0.05) is 143 Å². The molecule has 6 aliphatic heterocycles. The number of carbonyl (C=O) groups excluding carboxylic acids is 4. The molecule has 9 aromatic carbocycles. The van der Waals surface area contributed by atoms with Crippen molar-refractivity contribution in [1.82, 2.24) is 75.1 Å². The molecule has 32 heteroatoms. The number of amides is 4. The largest absolute Gasteiger partial charge is 0.494 e. The monoisotopic (exact) mass is 2100 g/mol. The molecule has 8 N–H and O–H groups in total. The third kappa shape index (κ3) is 22.9. The predicted octanol–water partition coefficient (Wildman–Crippen LogP) is 24.6. The number of para-hydroxylation sites is 1. The number of aromatic nitrogens is 9. The summed E-state index contributed by atoms with van der Waals surface area (Å²) in [4.78, 5) is 96.6.